The third-order valence-electron chi connectivity index (χ3n) is 3.93. The van der Waals surface area contributed by atoms with Crippen LogP contribution in [0, 0.1) is 0 Å². The molecule has 1 aromatic carbocycles. The van der Waals surface area contributed by atoms with Crippen LogP contribution in [0.1, 0.15) is 36.0 Å². The van der Waals surface area contributed by atoms with Gasteiger partial charge in [0.2, 0.25) is 0 Å². The van der Waals surface area contributed by atoms with Gasteiger partial charge in [-0.1, -0.05) is 6.42 Å². The van der Waals surface area contributed by atoms with Gasteiger partial charge in [-0.15, -0.1) is 0 Å². The predicted octanol–water partition coefficient (Wildman–Crippen LogP) is 4.16. The molecule has 2 rings (SSSR count). The van der Waals surface area contributed by atoms with E-state index in [1.807, 2.05) is 0 Å². The van der Waals surface area contributed by atoms with Gasteiger partial charge in [-0.05, 0) is 43.1 Å². The molecule has 3 nitrogen and oxygen atoms in total. The molecule has 0 bridgehead atoms. The molecule has 0 spiro atoms. The van der Waals surface area contributed by atoms with E-state index in [1.165, 1.54) is 4.90 Å². The summed E-state index contributed by atoms with van der Waals surface area (Å²) >= 11 is 0. The highest BCUT2D eigenvalue weighted by Gasteiger charge is 2.37. The van der Waals surface area contributed by atoms with Crippen LogP contribution in [0.5, 0.6) is 0 Å². The van der Waals surface area contributed by atoms with E-state index in [1.54, 1.807) is 0 Å². The Morgan fingerprint density at radius 2 is 1.58 bits per heavy atom. The van der Waals surface area contributed by atoms with Gasteiger partial charge in [-0.3, -0.25) is 9.69 Å². The summed E-state index contributed by atoms with van der Waals surface area (Å²) in [5.41, 5.74) is -2.99. The van der Waals surface area contributed by atoms with Crippen molar-refractivity contribution in [2.75, 3.05) is 6.54 Å². The van der Waals surface area contributed by atoms with Gasteiger partial charge in [0.1, 0.15) is 6.04 Å². The van der Waals surface area contributed by atoms with Crippen LogP contribution in [0.3, 0.4) is 0 Å². The number of carbonyl (C=O) groups is 1. The topological polar surface area (TPSA) is 40.5 Å². The monoisotopic (exact) mass is 355 g/mol. The Morgan fingerprint density at radius 1 is 1.04 bits per heavy atom. The van der Waals surface area contributed by atoms with E-state index in [0.29, 0.717) is 37.9 Å². The summed E-state index contributed by atoms with van der Waals surface area (Å²) in [6.07, 6.45) is -8.20. The van der Waals surface area contributed by atoms with Gasteiger partial charge >= 0.3 is 18.3 Å². The minimum absolute atomic E-state index is 0.0639. The smallest absolute Gasteiger partial charge is 0.416 e. The number of halogens is 6. The normalized spacial score (nSPS) is 20.2. The van der Waals surface area contributed by atoms with Gasteiger partial charge in [0.05, 0.1) is 11.1 Å². The summed E-state index contributed by atoms with van der Waals surface area (Å²) in [5.74, 6) is -1.13. The van der Waals surface area contributed by atoms with Crippen molar-refractivity contribution >= 4 is 5.97 Å². The molecule has 1 heterocycles. The molecule has 0 aromatic heterocycles. The molecule has 134 valence electrons. The fourth-order valence-electron chi connectivity index (χ4n) is 2.81. The van der Waals surface area contributed by atoms with E-state index in [2.05, 4.69) is 0 Å². The molecule has 0 saturated carbocycles. The first-order chi connectivity index (χ1) is 11.0. The second-order valence-corrected chi connectivity index (χ2v) is 5.73. The zero-order valence-corrected chi connectivity index (χ0v) is 12.4. The van der Waals surface area contributed by atoms with Crippen molar-refractivity contribution in [1.29, 1.82) is 0 Å². The molecule has 1 aliphatic heterocycles. The van der Waals surface area contributed by atoms with Crippen LogP contribution in [0.25, 0.3) is 0 Å². The van der Waals surface area contributed by atoms with E-state index in [-0.39, 0.29) is 18.2 Å². The second-order valence-electron chi connectivity index (χ2n) is 5.73. The number of nitrogens with zero attached hydrogens (tertiary/aromatic N) is 1. The highest BCUT2D eigenvalue weighted by atomic mass is 19.4. The lowest BCUT2D eigenvalue weighted by Crippen LogP contribution is -2.44. The number of hydrogen-bond donors (Lipinski definition) is 1. The first-order valence-corrected chi connectivity index (χ1v) is 7.23. The van der Waals surface area contributed by atoms with Gasteiger partial charge in [0, 0.05) is 6.54 Å². The summed E-state index contributed by atoms with van der Waals surface area (Å²) in [6.45, 7) is 0.0402. The van der Waals surface area contributed by atoms with Crippen molar-refractivity contribution < 1.29 is 36.2 Å². The summed E-state index contributed by atoms with van der Waals surface area (Å²) in [5, 5.41) is 9.15. The average Bonchev–Trinajstić information content (AvgIpc) is 2.45. The highest BCUT2D eigenvalue weighted by molar-refractivity contribution is 5.73. The summed E-state index contributed by atoms with van der Waals surface area (Å²) in [4.78, 5) is 12.6. The molecule has 1 fully saturated rings. The van der Waals surface area contributed by atoms with Gasteiger partial charge in [0.15, 0.2) is 0 Å². The molecule has 0 aliphatic carbocycles. The minimum atomic E-state index is -4.91. The fourth-order valence-corrected chi connectivity index (χ4v) is 2.81. The van der Waals surface area contributed by atoms with Crippen molar-refractivity contribution in [1.82, 2.24) is 4.90 Å². The predicted molar refractivity (Wildman–Crippen MR) is 72.1 cm³/mol. The number of benzene rings is 1. The molecule has 1 aliphatic rings. The third-order valence-corrected chi connectivity index (χ3v) is 3.93. The Kier molecular flexibility index (Phi) is 5.12. The molecule has 1 aromatic rings. The molecule has 1 unspecified atom stereocenters. The van der Waals surface area contributed by atoms with Crippen LogP contribution < -0.4 is 0 Å². The number of piperidine rings is 1. The Bertz CT molecular complexity index is 579. The lowest BCUT2D eigenvalue weighted by molar-refractivity contribution is -0.146. The van der Waals surface area contributed by atoms with Crippen LogP contribution in [-0.4, -0.2) is 28.6 Å². The van der Waals surface area contributed by atoms with E-state index >= 15 is 0 Å². The van der Waals surface area contributed by atoms with Crippen LogP contribution in [0.4, 0.5) is 26.3 Å². The minimum Gasteiger partial charge on any atom is -0.480 e. The summed E-state index contributed by atoms with van der Waals surface area (Å²) < 4.78 is 77.1. The average molecular weight is 355 g/mol. The zero-order chi connectivity index (χ0) is 18.1. The maximum absolute atomic E-state index is 12.8. The van der Waals surface area contributed by atoms with Gasteiger partial charge in [-0.2, -0.15) is 26.3 Å². The number of aliphatic carboxylic acids is 1. The largest absolute Gasteiger partial charge is 0.480 e. The summed E-state index contributed by atoms with van der Waals surface area (Å²) in [7, 11) is 0. The maximum Gasteiger partial charge on any atom is 0.416 e. The molecule has 1 N–H and O–H groups in total. The van der Waals surface area contributed by atoms with Crippen molar-refractivity contribution in [3.63, 3.8) is 0 Å². The van der Waals surface area contributed by atoms with Gasteiger partial charge < -0.3 is 5.11 Å². The lowest BCUT2D eigenvalue weighted by Gasteiger charge is -2.33. The first-order valence-electron chi connectivity index (χ1n) is 7.23. The number of carboxylic acid groups (broad SMARTS) is 1. The van der Waals surface area contributed by atoms with Crippen molar-refractivity contribution in [3.05, 3.63) is 34.9 Å². The number of hydrogen-bond acceptors (Lipinski definition) is 2. The number of likely N-dealkylation sites (tertiary alicyclic amines) is 1. The van der Waals surface area contributed by atoms with E-state index in [9.17, 15) is 31.1 Å². The molecule has 9 heteroatoms. The molecule has 0 amide bonds. The molecule has 24 heavy (non-hydrogen) atoms. The van der Waals surface area contributed by atoms with Crippen molar-refractivity contribution in [2.24, 2.45) is 0 Å². The Morgan fingerprint density at radius 3 is 2.04 bits per heavy atom. The number of carboxylic acids is 1. The molecule has 0 radical (unpaired) electrons. The van der Waals surface area contributed by atoms with Crippen LogP contribution >= 0.6 is 0 Å². The van der Waals surface area contributed by atoms with Crippen LogP contribution in [-0.2, 0) is 23.7 Å². The van der Waals surface area contributed by atoms with Crippen LogP contribution in [0.15, 0.2) is 18.2 Å². The molecule has 1 saturated heterocycles. The van der Waals surface area contributed by atoms with E-state index in [4.69, 9.17) is 5.11 Å². The Labute approximate surface area is 133 Å². The SMILES string of the molecule is O=C(O)C1CCCCN1Cc1cc(C(F)(F)F)cc(C(F)(F)F)c1. The fraction of sp³-hybridized carbons (Fsp3) is 0.533. The van der Waals surface area contributed by atoms with Gasteiger partial charge in [-0.25, -0.2) is 0 Å². The maximum atomic E-state index is 12.8. The second kappa shape index (κ2) is 6.62. The van der Waals surface area contributed by atoms with Crippen LogP contribution in [0.2, 0.25) is 0 Å². The Balaban J connectivity index is 2.36. The van der Waals surface area contributed by atoms with Crippen molar-refractivity contribution in [2.45, 2.75) is 44.2 Å². The molecular weight excluding hydrogens is 340 g/mol. The van der Waals surface area contributed by atoms with Gasteiger partial charge in [0.25, 0.3) is 0 Å². The molecule has 1 atom stereocenters. The number of alkyl halides is 6. The van der Waals surface area contributed by atoms with Crippen molar-refractivity contribution in [3.8, 4) is 0 Å². The molecular formula is C15H15F6NO2. The Hall–Kier alpha value is -1.77. The zero-order valence-electron chi connectivity index (χ0n) is 12.4. The van der Waals surface area contributed by atoms with E-state index in [0.717, 1.165) is 0 Å². The lowest BCUT2D eigenvalue weighted by atomic mass is 9.99. The number of rotatable bonds is 3. The first kappa shape index (κ1) is 18.6. The quantitative estimate of drug-likeness (QED) is 0.828. The third kappa shape index (κ3) is 4.40. The summed E-state index contributed by atoms with van der Waals surface area (Å²) in [6, 6.07) is 0.447. The van der Waals surface area contributed by atoms with E-state index < -0.39 is 35.5 Å². The standard InChI is InChI=1S/C15H15F6NO2/c16-14(17,18)10-5-9(6-11(7-10)15(19,20)21)8-22-4-2-1-3-12(22)13(23)24/h5-7,12H,1-4,8H2,(H,23,24). The highest BCUT2D eigenvalue weighted by Crippen LogP contribution is 2.36.